The van der Waals surface area contributed by atoms with Crippen LogP contribution in [0.3, 0.4) is 0 Å². The molecule has 2 N–H and O–H groups in total. The van der Waals surface area contributed by atoms with Gasteiger partial charge in [-0.2, -0.15) is 0 Å². The number of halogens is 1. The van der Waals surface area contributed by atoms with Crippen molar-refractivity contribution >= 4 is 11.7 Å². The van der Waals surface area contributed by atoms with E-state index in [1.165, 1.54) is 0 Å². The van der Waals surface area contributed by atoms with Gasteiger partial charge in [0, 0.05) is 6.07 Å². The zero-order valence-corrected chi connectivity index (χ0v) is 6.60. The molecule has 0 aliphatic carbocycles. The molecule has 0 aliphatic rings. The first-order chi connectivity index (χ1) is 6.43. The molecule has 0 fully saturated rings. The van der Waals surface area contributed by atoms with Gasteiger partial charge in [0.25, 0.3) is 5.69 Å². The predicted molar refractivity (Wildman–Crippen MR) is 41.7 cm³/mol. The summed E-state index contributed by atoms with van der Waals surface area (Å²) in [7, 11) is 0. The van der Waals surface area contributed by atoms with E-state index < -0.39 is 33.7 Å². The zero-order chi connectivity index (χ0) is 10.9. The number of phenols is 1. The largest absolute Gasteiger partial charge is 0.505 e. The number of aromatic hydroxyl groups is 1. The third kappa shape index (κ3) is 1.60. The number of nitrogens with zero attached hydrogens (tertiary/aromatic N) is 1. The van der Waals surface area contributed by atoms with Crippen LogP contribution in [0.1, 0.15) is 10.4 Å². The summed E-state index contributed by atoms with van der Waals surface area (Å²) in [5.41, 5.74) is -1.65. The molecule has 0 unspecified atom stereocenters. The van der Waals surface area contributed by atoms with E-state index in [1.54, 1.807) is 0 Å². The first-order valence-electron chi connectivity index (χ1n) is 3.33. The van der Waals surface area contributed by atoms with Crippen molar-refractivity contribution in [2.24, 2.45) is 0 Å². The Morgan fingerprint density at radius 2 is 2.07 bits per heavy atom. The molecule has 0 spiro atoms. The van der Waals surface area contributed by atoms with Gasteiger partial charge in [-0.05, 0) is 0 Å². The molecule has 74 valence electrons. The Labute approximate surface area is 76.4 Å². The average molecular weight is 201 g/mol. The normalized spacial score (nSPS) is 9.79. The van der Waals surface area contributed by atoms with E-state index in [2.05, 4.69) is 0 Å². The lowest BCUT2D eigenvalue weighted by atomic mass is 10.1. The second-order valence-electron chi connectivity index (χ2n) is 2.38. The molecule has 7 heteroatoms. The van der Waals surface area contributed by atoms with Crippen LogP contribution >= 0.6 is 0 Å². The molecule has 0 bridgehead atoms. The van der Waals surface area contributed by atoms with Crippen LogP contribution in [0.5, 0.6) is 5.75 Å². The van der Waals surface area contributed by atoms with Gasteiger partial charge in [-0.1, -0.05) is 0 Å². The quantitative estimate of drug-likeness (QED) is 0.551. The summed E-state index contributed by atoms with van der Waals surface area (Å²) in [6, 6.07) is 0.856. The third-order valence-corrected chi connectivity index (χ3v) is 1.49. The van der Waals surface area contributed by atoms with E-state index in [4.69, 9.17) is 10.2 Å². The number of rotatable bonds is 2. The van der Waals surface area contributed by atoms with Gasteiger partial charge in [-0.25, -0.2) is 9.18 Å². The fourth-order valence-corrected chi connectivity index (χ4v) is 0.874. The number of phenolic OH excluding ortho intramolecular Hbond substituents is 1. The van der Waals surface area contributed by atoms with Gasteiger partial charge in [0.2, 0.25) is 0 Å². The molecular weight excluding hydrogens is 197 g/mol. The molecule has 0 aromatic heterocycles. The molecule has 1 aromatic rings. The van der Waals surface area contributed by atoms with Crippen molar-refractivity contribution in [2.45, 2.75) is 0 Å². The molecule has 0 saturated carbocycles. The number of carboxylic acid groups (broad SMARTS) is 1. The van der Waals surface area contributed by atoms with Crippen molar-refractivity contribution in [3.63, 3.8) is 0 Å². The van der Waals surface area contributed by atoms with Crippen molar-refractivity contribution in [2.75, 3.05) is 0 Å². The molecule has 0 amide bonds. The van der Waals surface area contributed by atoms with E-state index in [1.807, 2.05) is 0 Å². The second-order valence-corrected chi connectivity index (χ2v) is 2.38. The van der Waals surface area contributed by atoms with Crippen LogP contribution in [0.4, 0.5) is 10.1 Å². The van der Waals surface area contributed by atoms with Crippen molar-refractivity contribution in [1.29, 1.82) is 0 Å². The van der Waals surface area contributed by atoms with E-state index in [0.717, 1.165) is 0 Å². The van der Waals surface area contributed by atoms with E-state index in [-0.39, 0.29) is 0 Å². The van der Waals surface area contributed by atoms with Gasteiger partial charge < -0.3 is 10.2 Å². The minimum absolute atomic E-state index is 0.360. The molecule has 0 atom stereocenters. The topological polar surface area (TPSA) is 101 Å². The van der Waals surface area contributed by atoms with Crippen LogP contribution in [0.2, 0.25) is 0 Å². The van der Waals surface area contributed by atoms with Crippen molar-refractivity contribution < 1.29 is 24.3 Å². The van der Waals surface area contributed by atoms with E-state index in [9.17, 15) is 19.3 Å². The Morgan fingerprint density at radius 1 is 1.50 bits per heavy atom. The van der Waals surface area contributed by atoms with Gasteiger partial charge in [0.1, 0.15) is 5.56 Å². The zero-order valence-electron chi connectivity index (χ0n) is 6.60. The Balaban J connectivity index is 3.46. The number of benzene rings is 1. The standard InChI is InChI=1S/C7H4FNO5/c8-4-2-5(9(13)14)3(7(11)12)1-6(4)10/h1-2,10H,(H,11,12). The first kappa shape index (κ1) is 9.90. The highest BCUT2D eigenvalue weighted by Gasteiger charge is 2.22. The lowest BCUT2D eigenvalue weighted by Gasteiger charge is -1.99. The first-order valence-corrected chi connectivity index (χ1v) is 3.33. The number of hydrogen-bond acceptors (Lipinski definition) is 4. The number of carboxylic acids is 1. The molecule has 0 saturated heterocycles. The monoisotopic (exact) mass is 201 g/mol. The van der Waals surface area contributed by atoms with Crippen LogP contribution in [0.25, 0.3) is 0 Å². The summed E-state index contributed by atoms with van der Waals surface area (Å²) in [6.07, 6.45) is 0. The fourth-order valence-electron chi connectivity index (χ4n) is 0.874. The maximum atomic E-state index is 12.6. The highest BCUT2D eigenvalue weighted by molar-refractivity contribution is 5.92. The van der Waals surface area contributed by atoms with Gasteiger partial charge in [0.05, 0.1) is 11.0 Å². The van der Waals surface area contributed by atoms with Crippen molar-refractivity contribution in [3.05, 3.63) is 33.6 Å². The number of nitro benzene ring substituents is 1. The smallest absolute Gasteiger partial charge is 0.342 e. The molecule has 1 rings (SSSR count). The number of hydrogen-bond donors (Lipinski definition) is 2. The lowest BCUT2D eigenvalue weighted by molar-refractivity contribution is -0.385. The Morgan fingerprint density at radius 3 is 2.50 bits per heavy atom. The Hall–Kier alpha value is -2.18. The predicted octanol–water partition coefficient (Wildman–Crippen LogP) is 1.14. The van der Waals surface area contributed by atoms with Crippen LogP contribution in [0, 0.1) is 15.9 Å². The summed E-state index contributed by atoms with van der Waals surface area (Å²) in [5, 5.41) is 27.6. The minimum atomic E-state index is -1.60. The van der Waals surface area contributed by atoms with Crippen LogP contribution in [-0.2, 0) is 0 Å². The highest BCUT2D eigenvalue weighted by atomic mass is 19.1. The number of nitro groups is 1. The number of carbonyl (C=O) groups is 1. The summed E-state index contributed by atoms with van der Waals surface area (Å²) in [4.78, 5) is 19.7. The lowest BCUT2D eigenvalue weighted by Crippen LogP contribution is -2.03. The molecule has 0 radical (unpaired) electrons. The molecular formula is C7H4FNO5. The van der Waals surface area contributed by atoms with Crippen molar-refractivity contribution in [1.82, 2.24) is 0 Å². The molecule has 6 nitrogen and oxygen atoms in total. The van der Waals surface area contributed by atoms with E-state index >= 15 is 0 Å². The van der Waals surface area contributed by atoms with Gasteiger partial charge in [0.15, 0.2) is 11.6 Å². The van der Waals surface area contributed by atoms with Crippen LogP contribution in [-0.4, -0.2) is 21.1 Å². The third-order valence-electron chi connectivity index (χ3n) is 1.49. The Kier molecular flexibility index (Phi) is 2.32. The van der Waals surface area contributed by atoms with Gasteiger partial charge in [-0.3, -0.25) is 10.1 Å². The van der Waals surface area contributed by atoms with Crippen molar-refractivity contribution in [3.8, 4) is 5.75 Å². The highest BCUT2D eigenvalue weighted by Crippen LogP contribution is 2.26. The SMILES string of the molecule is O=C(O)c1cc(O)c(F)cc1[N+](=O)[O-]. The maximum absolute atomic E-state index is 12.6. The fraction of sp³-hybridized carbons (Fsp3) is 0. The summed E-state index contributed by atoms with van der Waals surface area (Å²) < 4.78 is 12.6. The summed E-state index contributed by atoms with van der Waals surface area (Å²) in [6.45, 7) is 0. The summed E-state index contributed by atoms with van der Waals surface area (Å²) >= 11 is 0. The Bertz CT molecular complexity index is 378. The minimum Gasteiger partial charge on any atom is -0.505 e. The second kappa shape index (κ2) is 3.29. The summed E-state index contributed by atoms with van der Waals surface area (Å²) in [5.74, 6) is -3.78. The molecule has 0 heterocycles. The van der Waals surface area contributed by atoms with Gasteiger partial charge in [-0.15, -0.1) is 0 Å². The molecule has 0 aliphatic heterocycles. The van der Waals surface area contributed by atoms with Crippen LogP contribution < -0.4 is 0 Å². The molecule has 1 aromatic carbocycles. The van der Waals surface area contributed by atoms with Gasteiger partial charge >= 0.3 is 5.97 Å². The maximum Gasteiger partial charge on any atom is 0.342 e. The average Bonchev–Trinajstić information content (AvgIpc) is 2.08. The number of aromatic carboxylic acids is 1. The van der Waals surface area contributed by atoms with E-state index in [0.29, 0.717) is 12.1 Å². The van der Waals surface area contributed by atoms with Crippen LogP contribution in [0.15, 0.2) is 12.1 Å². The molecule has 14 heavy (non-hydrogen) atoms.